The van der Waals surface area contributed by atoms with Crippen LogP contribution in [0.15, 0.2) is 42.0 Å². The molecular formula is C20H30. The summed E-state index contributed by atoms with van der Waals surface area (Å²) in [6.07, 6.45) is 6.43. The first-order chi connectivity index (χ1) is 9.38. The van der Waals surface area contributed by atoms with E-state index in [1.807, 2.05) is 0 Å². The molecule has 110 valence electrons. The Bertz CT molecular complexity index is 447. The quantitative estimate of drug-likeness (QED) is 0.574. The van der Waals surface area contributed by atoms with E-state index in [2.05, 4.69) is 71.0 Å². The highest BCUT2D eigenvalue weighted by Gasteiger charge is 2.31. The minimum Gasteiger partial charge on any atom is -0.0850 e. The lowest BCUT2D eigenvalue weighted by molar-refractivity contribution is 0.189. The highest BCUT2D eigenvalue weighted by Crippen LogP contribution is 2.42. The van der Waals surface area contributed by atoms with Crippen molar-refractivity contribution >= 4 is 0 Å². The van der Waals surface area contributed by atoms with Gasteiger partial charge in [-0.3, -0.25) is 0 Å². The molecular weight excluding hydrogens is 240 g/mol. The summed E-state index contributed by atoms with van der Waals surface area (Å²) in [5.74, 6) is 2.26. The molecule has 1 aromatic rings. The Morgan fingerprint density at radius 3 is 2.40 bits per heavy atom. The minimum atomic E-state index is 0.436. The molecule has 0 heteroatoms. The zero-order chi connectivity index (χ0) is 14.8. The molecule has 0 spiro atoms. The van der Waals surface area contributed by atoms with Gasteiger partial charge in [0.2, 0.25) is 0 Å². The maximum atomic E-state index is 2.50. The molecule has 1 aromatic carbocycles. The number of rotatable bonds is 3. The van der Waals surface area contributed by atoms with Gasteiger partial charge in [0.1, 0.15) is 0 Å². The summed E-state index contributed by atoms with van der Waals surface area (Å²) in [6.45, 7) is 11.9. The lowest BCUT2D eigenvalue weighted by Gasteiger charge is -2.37. The van der Waals surface area contributed by atoms with Crippen molar-refractivity contribution in [1.29, 1.82) is 0 Å². The summed E-state index contributed by atoms with van der Waals surface area (Å²) in [6, 6.07) is 11.0. The summed E-state index contributed by atoms with van der Waals surface area (Å²) in [5, 5.41) is 0. The molecule has 0 radical (unpaired) electrons. The third-order valence-corrected chi connectivity index (χ3v) is 5.17. The van der Waals surface area contributed by atoms with Crippen molar-refractivity contribution in [2.45, 2.75) is 59.8 Å². The van der Waals surface area contributed by atoms with Gasteiger partial charge in [0, 0.05) is 0 Å². The second-order valence-electron chi connectivity index (χ2n) is 7.73. The topological polar surface area (TPSA) is 0 Å². The second kappa shape index (κ2) is 6.16. The van der Waals surface area contributed by atoms with E-state index in [0.29, 0.717) is 11.3 Å². The highest BCUT2D eigenvalue weighted by molar-refractivity contribution is 5.20. The standard InChI is InChI=1S/C20H30/c1-15-11-12-19(20(3,4)5)14-18(15)13-16(2)17-9-7-6-8-10-17/h6-11,16,18-19H,12-14H2,1-5H3. The molecule has 1 aliphatic rings. The van der Waals surface area contributed by atoms with E-state index < -0.39 is 0 Å². The monoisotopic (exact) mass is 270 g/mol. The molecule has 0 aromatic heterocycles. The van der Waals surface area contributed by atoms with Gasteiger partial charge in [-0.05, 0) is 54.9 Å². The summed E-state index contributed by atoms with van der Waals surface area (Å²) in [4.78, 5) is 0. The molecule has 2 rings (SSSR count). The summed E-state index contributed by atoms with van der Waals surface area (Å²) >= 11 is 0. The second-order valence-corrected chi connectivity index (χ2v) is 7.73. The Balaban J connectivity index is 2.05. The lowest BCUT2D eigenvalue weighted by atomic mass is 9.68. The van der Waals surface area contributed by atoms with Gasteiger partial charge < -0.3 is 0 Å². The molecule has 3 atom stereocenters. The van der Waals surface area contributed by atoms with Gasteiger partial charge in [0.15, 0.2) is 0 Å². The summed E-state index contributed by atoms with van der Waals surface area (Å²) < 4.78 is 0. The Kier molecular flexibility index (Phi) is 4.73. The fraction of sp³-hybridized carbons (Fsp3) is 0.600. The van der Waals surface area contributed by atoms with Crippen molar-refractivity contribution in [3.63, 3.8) is 0 Å². The molecule has 1 aliphatic carbocycles. The van der Waals surface area contributed by atoms with Crippen molar-refractivity contribution in [3.8, 4) is 0 Å². The summed E-state index contributed by atoms with van der Waals surface area (Å²) in [5.41, 5.74) is 3.54. The van der Waals surface area contributed by atoms with Gasteiger partial charge >= 0.3 is 0 Å². The predicted octanol–water partition coefficient (Wildman–Crippen LogP) is 6.20. The van der Waals surface area contributed by atoms with E-state index in [-0.39, 0.29) is 0 Å². The molecule has 0 bridgehead atoms. The number of benzene rings is 1. The van der Waals surface area contributed by atoms with Gasteiger partial charge in [-0.15, -0.1) is 0 Å². The van der Waals surface area contributed by atoms with E-state index in [1.165, 1.54) is 24.8 Å². The fourth-order valence-electron chi connectivity index (χ4n) is 3.45. The molecule has 0 heterocycles. The largest absolute Gasteiger partial charge is 0.0850 e. The molecule has 0 saturated heterocycles. The Hall–Kier alpha value is -1.04. The van der Waals surface area contributed by atoms with Crippen LogP contribution in [0.25, 0.3) is 0 Å². The minimum absolute atomic E-state index is 0.436. The molecule has 0 nitrogen and oxygen atoms in total. The van der Waals surface area contributed by atoms with Crippen molar-refractivity contribution in [2.24, 2.45) is 17.3 Å². The van der Waals surface area contributed by atoms with Gasteiger partial charge in [0.05, 0.1) is 0 Å². The number of hydrogen-bond donors (Lipinski definition) is 0. The average molecular weight is 270 g/mol. The first-order valence-corrected chi connectivity index (χ1v) is 8.09. The third kappa shape index (κ3) is 3.75. The van der Waals surface area contributed by atoms with Gasteiger partial charge in [0.25, 0.3) is 0 Å². The maximum absolute atomic E-state index is 2.50. The smallest absolute Gasteiger partial charge is 0.0185 e. The van der Waals surface area contributed by atoms with Crippen LogP contribution in [-0.2, 0) is 0 Å². The first kappa shape index (κ1) is 15.4. The number of hydrogen-bond acceptors (Lipinski definition) is 0. The lowest BCUT2D eigenvalue weighted by Crippen LogP contribution is -2.26. The molecule has 0 amide bonds. The van der Waals surface area contributed by atoms with Crippen LogP contribution in [0.5, 0.6) is 0 Å². The van der Waals surface area contributed by atoms with E-state index >= 15 is 0 Å². The van der Waals surface area contributed by atoms with E-state index in [1.54, 1.807) is 5.57 Å². The van der Waals surface area contributed by atoms with Crippen molar-refractivity contribution in [2.75, 3.05) is 0 Å². The van der Waals surface area contributed by atoms with E-state index in [9.17, 15) is 0 Å². The van der Waals surface area contributed by atoms with Crippen molar-refractivity contribution in [3.05, 3.63) is 47.5 Å². The number of allylic oxidation sites excluding steroid dienone is 2. The third-order valence-electron chi connectivity index (χ3n) is 5.17. The van der Waals surface area contributed by atoms with Crippen LogP contribution in [0.2, 0.25) is 0 Å². The maximum Gasteiger partial charge on any atom is -0.0185 e. The SMILES string of the molecule is CC1=CCC(C(C)(C)C)CC1CC(C)c1ccccc1. The van der Waals surface area contributed by atoms with Crippen LogP contribution in [0.4, 0.5) is 0 Å². The van der Waals surface area contributed by atoms with Crippen LogP contribution in [0.1, 0.15) is 65.4 Å². The highest BCUT2D eigenvalue weighted by atomic mass is 14.4. The van der Waals surface area contributed by atoms with Gasteiger partial charge in [-0.25, -0.2) is 0 Å². The Morgan fingerprint density at radius 2 is 1.80 bits per heavy atom. The van der Waals surface area contributed by atoms with E-state index in [0.717, 1.165) is 11.8 Å². The van der Waals surface area contributed by atoms with Gasteiger partial charge in [-0.1, -0.05) is 69.7 Å². The average Bonchev–Trinajstić information content (AvgIpc) is 2.41. The predicted molar refractivity (Wildman–Crippen MR) is 88.9 cm³/mol. The molecule has 0 N–H and O–H groups in total. The fourth-order valence-corrected chi connectivity index (χ4v) is 3.45. The molecule has 0 fully saturated rings. The van der Waals surface area contributed by atoms with E-state index in [4.69, 9.17) is 0 Å². The Morgan fingerprint density at radius 1 is 1.15 bits per heavy atom. The van der Waals surface area contributed by atoms with Crippen LogP contribution >= 0.6 is 0 Å². The summed E-state index contributed by atoms with van der Waals surface area (Å²) in [7, 11) is 0. The first-order valence-electron chi connectivity index (χ1n) is 8.09. The molecule has 0 aliphatic heterocycles. The normalized spacial score (nSPS) is 25.1. The van der Waals surface area contributed by atoms with Crippen molar-refractivity contribution < 1.29 is 0 Å². The van der Waals surface area contributed by atoms with Crippen LogP contribution in [0, 0.1) is 17.3 Å². The van der Waals surface area contributed by atoms with Crippen LogP contribution < -0.4 is 0 Å². The molecule has 20 heavy (non-hydrogen) atoms. The zero-order valence-corrected chi connectivity index (χ0v) is 13.8. The van der Waals surface area contributed by atoms with Crippen LogP contribution in [0.3, 0.4) is 0 Å². The Labute approximate surface area is 125 Å². The van der Waals surface area contributed by atoms with Gasteiger partial charge in [-0.2, -0.15) is 0 Å². The zero-order valence-electron chi connectivity index (χ0n) is 13.8. The van der Waals surface area contributed by atoms with Crippen molar-refractivity contribution in [1.82, 2.24) is 0 Å². The van der Waals surface area contributed by atoms with Crippen LogP contribution in [-0.4, -0.2) is 0 Å². The molecule has 0 saturated carbocycles. The molecule has 3 unspecified atom stereocenters.